The number of aryl methyl sites for hydroxylation is 1. The van der Waals surface area contributed by atoms with Gasteiger partial charge >= 0.3 is 0 Å². The van der Waals surface area contributed by atoms with Crippen molar-refractivity contribution in [1.29, 1.82) is 0 Å². The molecule has 1 saturated heterocycles. The fourth-order valence-electron chi connectivity index (χ4n) is 2.09. The Morgan fingerprint density at radius 3 is 2.78 bits per heavy atom. The van der Waals surface area contributed by atoms with E-state index in [9.17, 15) is 8.42 Å². The molecule has 7 heteroatoms. The lowest BCUT2D eigenvalue weighted by Crippen LogP contribution is -2.34. The second kappa shape index (κ2) is 4.81. The molecule has 0 amide bonds. The van der Waals surface area contributed by atoms with Crippen LogP contribution in [-0.4, -0.2) is 43.0 Å². The zero-order chi connectivity index (χ0) is 13.3. The van der Waals surface area contributed by atoms with E-state index in [-0.39, 0.29) is 17.5 Å². The molecule has 0 spiro atoms. The van der Waals surface area contributed by atoms with Gasteiger partial charge in [0, 0.05) is 37.1 Å². The first-order valence-electron chi connectivity index (χ1n) is 5.89. The van der Waals surface area contributed by atoms with Crippen LogP contribution >= 0.6 is 0 Å². The van der Waals surface area contributed by atoms with Gasteiger partial charge in [-0.2, -0.15) is 0 Å². The molecular weight excluding hydrogens is 252 g/mol. The van der Waals surface area contributed by atoms with E-state index in [0.29, 0.717) is 18.9 Å². The Morgan fingerprint density at radius 2 is 2.28 bits per heavy atom. The standard InChI is InChI=1S/C11H18N4O2S/c1-8-9(5-12)6-13-11(14-8)15(2)10-3-4-18(16,17)7-10/h6,10H,3-5,7,12H2,1-2H3. The molecule has 2 heterocycles. The molecule has 1 atom stereocenters. The van der Waals surface area contributed by atoms with Gasteiger partial charge in [0.25, 0.3) is 0 Å². The third kappa shape index (κ3) is 2.62. The molecule has 1 fully saturated rings. The normalized spacial score (nSPS) is 22.1. The highest BCUT2D eigenvalue weighted by Gasteiger charge is 2.31. The molecule has 1 aliphatic heterocycles. The summed E-state index contributed by atoms with van der Waals surface area (Å²) in [5.41, 5.74) is 7.31. The van der Waals surface area contributed by atoms with Crippen molar-refractivity contribution >= 4 is 15.8 Å². The van der Waals surface area contributed by atoms with Crippen molar-refractivity contribution in [3.05, 3.63) is 17.5 Å². The molecule has 1 aromatic heterocycles. The largest absolute Gasteiger partial charge is 0.340 e. The van der Waals surface area contributed by atoms with Gasteiger partial charge in [-0.3, -0.25) is 0 Å². The maximum absolute atomic E-state index is 11.5. The highest BCUT2D eigenvalue weighted by molar-refractivity contribution is 7.91. The highest BCUT2D eigenvalue weighted by atomic mass is 32.2. The summed E-state index contributed by atoms with van der Waals surface area (Å²) in [6, 6.07) is -0.0295. The minimum atomic E-state index is -2.89. The van der Waals surface area contributed by atoms with Gasteiger partial charge in [0.1, 0.15) is 0 Å². The predicted octanol–water partition coefficient (Wildman–Crippen LogP) is -0.133. The quantitative estimate of drug-likeness (QED) is 0.823. The first-order chi connectivity index (χ1) is 8.43. The fourth-order valence-corrected chi connectivity index (χ4v) is 3.87. The van der Waals surface area contributed by atoms with E-state index >= 15 is 0 Å². The molecule has 1 aromatic rings. The van der Waals surface area contributed by atoms with E-state index in [1.165, 1.54) is 0 Å². The second-order valence-electron chi connectivity index (χ2n) is 4.65. The zero-order valence-electron chi connectivity index (χ0n) is 10.6. The maximum atomic E-state index is 11.5. The molecule has 2 N–H and O–H groups in total. The Hall–Kier alpha value is -1.21. The molecule has 1 aliphatic rings. The van der Waals surface area contributed by atoms with Crippen molar-refractivity contribution in [3.63, 3.8) is 0 Å². The Morgan fingerprint density at radius 1 is 1.56 bits per heavy atom. The van der Waals surface area contributed by atoms with E-state index < -0.39 is 9.84 Å². The minimum Gasteiger partial charge on any atom is -0.340 e. The summed E-state index contributed by atoms with van der Waals surface area (Å²) in [6.45, 7) is 2.29. The molecule has 0 radical (unpaired) electrons. The van der Waals surface area contributed by atoms with E-state index in [1.54, 1.807) is 6.20 Å². The van der Waals surface area contributed by atoms with Crippen molar-refractivity contribution in [2.24, 2.45) is 5.73 Å². The van der Waals surface area contributed by atoms with Crippen molar-refractivity contribution < 1.29 is 8.42 Å². The SMILES string of the molecule is Cc1nc(N(C)C2CCS(=O)(=O)C2)ncc1CN. The summed E-state index contributed by atoms with van der Waals surface area (Å²) in [4.78, 5) is 10.5. The maximum Gasteiger partial charge on any atom is 0.225 e. The third-order valence-electron chi connectivity index (χ3n) is 3.36. The summed E-state index contributed by atoms with van der Waals surface area (Å²) in [6.07, 6.45) is 2.34. The lowest BCUT2D eigenvalue weighted by molar-refractivity contribution is 0.600. The molecule has 0 aromatic carbocycles. The van der Waals surface area contributed by atoms with E-state index in [4.69, 9.17) is 5.73 Å². The van der Waals surface area contributed by atoms with Crippen LogP contribution in [0.15, 0.2) is 6.20 Å². The summed E-state index contributed by atoms with van der Waals surface area (Å²) < 4.78 is 22.9. The Labute approximate surface area is 107 Å². The smallest absolute Gasteiger partial charge is 0.225 e. The van der Waals surface area contributed by atoms with Crippen molar-refractivity contribution in [2.75, 3.05) is 23.5 Å². The number of nitrogens with zero attached hydrogens (tertiary/aromatic N) is 3. The Kier molecular flexibility index (Phi) is 3.54. The first-order valence-corrected chi connectivity index (χ1v) is 7.71. The Bertz CT molecular complexity index is 544. The molecule has 1 unspecified atom stereocenters. The molecule has 6 nitrogen and oxygen atoms in total. The number of hydrogen-bond donors (Lipinski definition) is 1. The Balaban J connectivity index is 2.19. The van der Waals surface area contributed by atoms with Crippen LogP contribution in [0.3, 0.4) is 0 Å². The molecular formula is C11H18N4O2S. The summed E-state index contributed by atoms with van der Waals surface area (Å²) in [5, 5.41) is 0. The second-order valence-corrected chi connectivity index (χ2v) is 6.88. The summed E-state index contributed by atoms with van der Waals surface area (Å²) >= 11 is 0. The average molecular weight is 270 g/mol. The van der Waals surface area contributed by atoms with E-state index in [1.807, 2.05) is 18.9 Å². The van der Waals surface area contributed by atoms with Gasteiger partial charge < -0.3 is 10.6 Å². The lowest BCUT2D eigenvalue weighted by Gasteiger charge is -2.23. The number of nitrogens with two attached hydrogens (primary N) is 1. The lowest BCUT2D eigenvalue weighted by atomic mass is 10.2. The number of sulfone groups is 1. The van der Waals surface area contributed by atoms with Gasteiger partial charge in [-0.05, 0) is 13.3 Å². The van der Waals surface area contributed by atoms with E-state index in [0.717, 1.165) is 11.3 Å². The van der Waals surface area contributed by atoms with Crippen molar-refractivity contribution in [1.82, 2.24) is 9.97 Å². The number of aromatic nitrogens is 2. The monoisotopic (exact) mass is 270 g/mol. The highest BCUT2D eigenvalue weighted by Crippen LogP contribution is 2.20. The number of rotatable bonds is 3. The number of anilines is 1. The van der Waals surface area contributed by atoms with Crippen LogP contribution in [0.5, 0.6) is 0 Å². The van der Waals surface area contributed by atoms with Gasteiger partial charge in [0.15, 0.2) is 9.84 Å². The van der Waals surface area contributed by atoms with Gasteiger partial charge in [-0.15, -0.1) is 0 Å². The van der Waals surface area contributed by atoms with Crippen LogP contribution in [0.2, 0.25) is 0 Å². The van der Waals surface area contributed by atoms with E-state index in [2.05, 4.69) is 9.97 Å². The number of hydrogen-bond acceptors (Lipinski definition) is 6. The van der Waals surface area contributed by atoms with Gasteiger partial charge in [-0.1, -0.05) is 0 Å². The first kappa shape index (κ1) is 13.2. The molecule has 18 heavy (non-hydrogen) atoms. The average Bonchev–Trinajstić information content (AvgIpc) is 2.68. The third-order valence-corrected chi connectivity index (χ3v) is 5.11. The zero-order valence-corrected chi connectivity index (χ0v) is 11.4. The molecule has 0 saturated carbocycles. The summed E-state index contributed by atoms with van der Waals surface area (Å²) in [5.74, 6) is 0.999. The fraction of sp³-hybridized carbons (Fsp3) is 0.636. The van der Waals surface area contributed by atoms with Crippen LogP contribution in [0.4, 0.5) is 5.95 Å². The minimum absolute atomic E-state index is 0.0295. The van der Waals surface area contributed by atoms with Crippen molar-refractivity contribution in [2.45, 2.75) is 25.9 Å². The van der Waals surface area contributed by atoms with Crippen LogP contribution in [0.25, 0.3) is 0 Å². The molecule has 0 bridgehead atoms. The topological polar surface area (TPSA) is 89.2 Å². The van der Waals surface area contributed by atoms with Crippen LogP contribution in [-0.2, 0) is 16.4 Å². The van der Waals surface area contributed by atoms with Gasteiger partial charge in [0.05, 0.1) is 11.5 Å². The molecule has 100 valence electrons. The van der Waals surface area contributed by atoms with Gasteiger partial charge in [0.2, 0.25) is 5.95 Å². The van der Waals surface area contributed by atoms with Gasteiger partial charge in [-0.25, -0.2) is 18.4 Å². The predicted molar refractivity (Wildman–Crippen MR) is 70.1 cm³/mol. The molecule has 2 rings (SSSR count). The van der Waals surface area contributed by atoms with Crippen molar-refractivity contribution in [3.8, 4) is 0 Å². The molecule has 0 aliphatic carbocycles. The van der Waals surface area contributed by atoms with Crippen LogP contribution in [0.1, 0.15) is 17.7 Å². The van der Waals surface area contributed by atoms with Crippen LogP contribution < -0.4 is 10.6 Å². The van der Waals surface area contributed by atoms with Crippen LogP contribution in [0, 0.1) is 6.92 Å². The summed E-state index contributed by atoms with van der Waals surface area (Å²) in [7, 11) is -1.05.